The SMILES string of the molecule is O=C(Nc1ccc(N2CCCCC2)c(C(=O)NCC2CCCO2)c1)c1cc(C(F)(F)F)cc(C(F)(F)F)c1. The molecule has 2 aliphatic rings. The van der Waals surface area contributed by atoms with E-state index < -0.39 is 40.9 Å². The van der Waals surface area contributed by atoms with Crippen molar-refractivity contribution in [2.75, 3.05) is 36.5 Å². The number of benzene rings is 2. The average Bonchev–Trinajstić information content (AvgIpc) is 3.40. The van der Waals surface area contributed by atoms with Crippen LogP contribution in [0.15, 0.2) is 36.4 Å². The summed E-state index contributed by atoms with van der Waals surface area (Å²) < 4.78 is 84.8. The highest BCUT2D eigenvalue weighted by molar-refractivity contribution is 6.06. The number of carbonyl (C=O) groups excluding carboxylic acids is 2. The number of alkyl halides is 6. The minimum absolute atomic E-state index is 0.0410. The minimum atomic E-state index is -5.08. The number of piperidine rings is 1. The van der Waals surface area contributed by atoms with Gasteiger partial charge in [0.05, 0.1) is 22.8 Å². The van der Waals surface area contributed by atoms with Crippen molar-refractivity contribution in [3.63, 3.8) is 0 Å². The van der Waals surface area contributed by atoms with Crippen molar-refractivity contribution >= 4 is 23.2 Å². The summed E-state index contributed by atoms with van der Waals surface area (Å²) in [5.41, 5.74) is -3.06. The van der Waals surface area contributed by atoms with Gasteiger partial charge in [-0.2, -0.15) is 26.3 Å². The van der Waals surface area contributed by atoms with Crippen LogP contribution in [0, 0.1) is 0 Å². The smallest absolute Gasteiger partial charge is 0.376 e. The molecule has 38 heavy (non-hydrogen) atoms. The lowest BCUT2D eigenvalue weighted by Gasteiger charge is -2.30. The number of hydrogen-bond donors (Lipinski definition) is 2. The molecule has 0 bridgehead atoms. The molecule has 1 atom stereocenters. The molecule has 2 aromatic carbocycles. The van der Waals surface area contributed by atoms with Crippen LogP contribution in [0.5, 0.6) is 0 Å². The summed E-state index contributed by atoms with van der Waals surface area (Å²) in [6.45, 7) is 2.36. The van der Waals surface area contributed by atoms with E-state index in [4.69, 9.17) is 4.74 Å². The first-order valence-corrected chi connectivity index (χ1v) is 12.3. The van der Waals surface area contributed by atoms with Crippen LogP contribution in [-0.2, 0) is 17.1 Å². The Morgan fingerprint density at radius 2 is 1.53 bits per heavy atom. The van der Waals surface area contributed by atoms with Crippen molar-refractivity contribution in [2.24, 2.45) is 0 Å². The zero-order valence-corrected chi connectivity index (χ0v) is 20.3. The molecule has 2 heterocycles. The molecule has 2 aromatic rings. The predicted molar refractivity (Wildman–Crippen MR) is 128 cm³/mol. The third-order valence-electron chi connectivity index (χ3n) is 6.56. The minimum Gasteiger partial charge on any atom is -0.376 e. The van der Waals surface area contributed by atoms with Crippen LogP contribution in [0.1, 0.15) is 63.9 Å². The zero-order valence-electron chi connectivity index (χ0n) is 20.3. The normalized spacial score (nSPS) is 18.4. The first kappa shape index (κ1) is 27.7. The standard InChI is InChI=1S/C26H27F6N3O3/c27-25(28,29)17-11-16(12-18(13-17)26(30,31)32)23(36)34-19-6-7-22(35-8-2-1-3-9-35)21(14-19)24(37)33-15-20-5-4-10-38-20/h6-7,11-14,20H,1-5,8-10,15H2,(H,33,37)(H,34,36). The third kappa shape index (κ3) is 6.77. The molecule has 206 valence electrons. The van der Waals surface area contributed by atoms with Gasteiger partial charge in [-0.1, -0.05) is 0 Å². The number of nitrogens with zero attached hydrogens (tertiary/aromatic N) is 1. The molecule has 0 aromatic heterocycles. The van der Waals surface area contributed by atoms with E-state index in [9.17, 15) is 35.9 Å². The summed E-state index contributed by atoms with van der Waals surface area (Å²) >= 11 is 0. The maximum atomic E-state index is 13.2. The highest BCUT2D eigenvalue weighted by Crippen LogP contribution is 2.36. The Morgan fingerprint density at radius 3 is 2.11 bits per heavy atom. The van der Waals surface area contributed by atoms with E-state index >= 15 is 0 Å². The van der Waals surface area contributed by atoms with Gasteiger partial charge in [-0.25, -0.2) is 0 Å². The van der Waals surface area contributed by atoms with Gasteiger partial charge < -0.3 is 20.3 Å². The molecular formula is C26H27F6N3O3. The van der Waals surface area contributed by atoms with Crippen molar-refractivity contribution in [2.45, 2.75) is 50.6 Å². The number of amides is 2. The van der Waals surface area contributed by atoms with Crippen LogP contribution < -0.4 is 15.5 Å². The van der Waals surface area contributed by atoms with Crippen molar-refractivity contribution in [3.05, 3.63) is 58.7 Å². The maximum Gasteiger partial charge on any atom is 0.416 e. The molecule has 0 saturated carbocycles. The molecule has 0 radical (unpaired) electrons. The summed E-state index contributed by atoms with van der Waals surface area (Å²) in [6, 6.07) is 5.15. The van der Waals surface area contributed by atoms with Gasteiger partial charge in [0.2, 0.25) is 0 Å². The van der Waals surface area contributed by atoms with Crippen LogP contribution in [0.2, 0.25) is 0 Å². The number of carbonyl (C=O) groups is 2. The molecule has 2 saturated heterocycles. The third-order valence-corrected chi connectivity index (χ3v) is 6.56. The second kappa shape index (κ2) is 11.2. The first-order valence-electron chi connectivity index (χ1n) is 12.3. The van der Waals surface area contributed by atoms with Crippen molar-refractivity contribution in [1.82, 2.24) is 5.32 Å². The molecule has 1 unspecified atom stereocenters. The number of ether oxygens (including phenoxy) is 1. The van der Waals surface area contributed by atoms with E-state index in [0.29, 0.717) is 31.0 Å². The van der Waals surface area contributed by atoms with Gasteiger partial charge in [0, 0.05) is 43.2 Å². The topological polar surface area (TPSA) is 70.7 Å². The lowest BCUT2D eigenvalue weighted by Crippen LogP contribution is -2.35. The molecule has 0 aliphatic carbocycles. The van der Waals surface area contributed by atoms with E-state index in [2.05, 4.69) is 10.6 Å². The van der Waals surface area contributed by atoms with Crippen molar-refractivity contribution < 1.29 is 40.7 Å². The van der Waals surface area contributed by atoms with Gasteiger partial charge in [-0.15, -0.1) is 0 Å². The van der Waals surface area contributed by atoms with E-state index in [-0.39, 0.29) is 23.4 Å². The summed E-state index contributed by atoms with van der Waals surface area (Å²) in [5.74, 6) is -1.59. The first-order chi connectivity index (χ1) is 17.9. The van der Waals surface area contributed by atoms with Gasteiger partial charge in [-0.3, -0.25) is 9.59 Å². The fraction of sp³-hybridized carbons (Fsp3) is 0.462. The van der Waals surface area contributed by atoms with Gasteiger partial charge in [0.15, 0.2) is 0 Å². The molecule has 4 rings (SSSR count). The number of nitrogens with one attached hydrogen (secondary N) is 2. The van der Waals surface area contributed by atoms with Gasteiger partial charge in [0.25, 0.3) is 11.8 Å². The number of rotatable bonds is 6. The predicted octanol–water partition coefficient (Wildman–Crippen LogP) is 5.88. The van der Waals surface area contributed by atoms with E-state index in [0.717, 1.165) is 45.2 Å². The Hall–Kier alpha value is -3.28. The Balaban J connectivity index is 1.61. The summed E-state index contributed by atoms with van der Waals surface area (Å²) in [6.07, 6.45) is -5.63. The van der Waals surface area contributed by atoms with Gasteiger partial charge >= 0.3 is 12.4 Å². The summed E-state index contributed by atoms with van der Waals surface area (Å²) in [7, 11) is 0. The number of halogens is 6. The molecule has 2 N–H and O–H groups in total. The maximum absolute atomic E-state index is 13.2. The van der Waals surface area contributed by atoms with Gasteiger partial charge in [-0.05, 0) is 68.5 Å². The average molecular weight is 544 g/mol. The lowest BCUT2D eigenvalue weighted by molar-refractivity contribution is -0.143. The molecular weight excluding hydrogens is 516 g/mol. The lowest BCUT2D eigenvalue weighted by atomic mass is 10.0. The fourth-order valence-corrected chi connectivity index (χ4v) is 4.60. The van der Waals surface area contributed by atoms with E-state index in [1.165, 1.54) is 12.1 Å². The van der Waals surface area contributed by atoms with Crippen LogP contribution >= 0.6 is 0 Å². The summed E-state index contributed by atoms with van der Waals surface area (Å²) in [5, 5.41) is 5.17. The quantitative estimate of drug-likeness (QED) is 0.447. The van der Waals surface area contributed by atoms with Crippen LogP contribution in [0.25, 0.3) is 0 Å². The second-order valence-corrected chi connectivity index (χ2v) is 9.37. The number of anilines is 2. The largest absolute Gasteiger partial charge is 0.416 e. The van der Waals surface area contributed by atoms with Crippen LogP contribution in [0.3, 0.4) is 0 Å². The number of hydrogen-bond acceptors (Lipinski definition) is 4. The molecule has 0 spiro atoms. The van der Waals surface area contributed by atoms with E-state index in [1.807, 2.05) is 4.90 Å². The molecule has 2 amide bonds. The van der Waals surface area contributed by atoms with Crippen LogP contribution in [0.4, 0.5) is 37.7 Å². The van der Waals surface area contributed by atoms with Crippen molar-refractivity contribution in [1.29, 1.82) is 0 Å². The Morgan fingerprint density at radius 1 is 0.868 bits per heavy atom. The molecule has 12 heteroatoms. The Bertz CT molecular complexity index is 1140. The Labute approximate surface area is 215 Å². The van der Waals surface area contributed by atoms with Crippen molar-refractivity contribution in [3.8, 4) is 0 Å². The highest BCUT2D eigenvalue weighted by Gasteiger charge is 2.37. The molecule has 2 aliphatic heterocycles. The monoisotopic (exact) mass is 543 g/mol. The van der Waals surface area contributed by atoms with Crippen LogP contribution in [-0.4, -0.2) is 44.2 Å². The molecule has 2 fully saturated rings. The van der Waals surface area contributed by atoms with Gasteiger partial charge in [0.1, 0.15) is 0 Å². The zero-order chi connectivity index (χ0) is 27.5. The Kier molecular flexibility index (Phi) is 8.19. The fourth-order valence-electron chi connectivity index (χ4n) is 4.60. The molecule has 6 nitrogen and oxygen atoms in total. The highest BCUT2D eigenvalue weighted by atomic mass is 19.4. The summed E-state index contributed by atoms with van der Waals surface area (Å²) in [4.78, 5) is 27.9. The second-order valence-electron chi connectivity index (χ2n) is 9.37. The van der Waals surface area contributed by atoms with E-state index in [1.54, 1.807) is 6.07 Å².